The molecule has 1 N–H and O–H groups in total. The van der Waals surface area contributed by atoms with Crippen molar-refractivity contribution in [3.05, 3.63) is 34.9 Å². The molecule has 0 aliphatic heterocycles. The van der Waals surface area contributed by atoms with Gasteiger partial charge in [-0.1, -0.05) is 23.8 Å². The van der Waals surface area contributed by atoms with Gasteiger partial charge in [0.1, 0.15) is 0 Å². The van der Waals surface area contributed by atoms with Crippen molar-refractivity contribution < 1.29 is 4.74 Å². The minimum absolute atomic E-state index is 0.398. The number of nitrogens with one attached hydrogen (secondary N) is 1. The number of hydrogen-bond acceptors (Lipinski definition) is 2. The van der Waals surface area contributed by atoms with E-state index in [1.807, 2.05) is 0 Å². The average molecular weight is 247 g/mol. The maximum absolute atomic E-state index is 5.64. The number of hydrogen-bond donors (Lipinski definition) is 1. The summed E-state index contributed by atoms with van der Waals surface area (Å²) in [6, 6.07) is 7.05. The SMILES string of the molecule is Cc1ccc(C)c(C(C)NCCOCC2CC2)c1. The summed E-state index contributed by atoms with van der Waals surface area (Å²) in [4.78, 5) is 0. The van der Waals surface area contributed by atoms with Gasteiger partial charge in [-0.15, -0.1) is 0 Å². The molecule has 1 fully saturated rings. The topological polar surface area (TPSA) is 21.3 Å². The summed E-state index contributed by atoms with van der Waals surface area (Å²) in [6.07, 6.45) is 2.73. The van der Waals surface area contributed by atoms with Crippen LogP contribution in [-0.2, 0) is 4.74 Å². The molecule has 0 spiro atoms. The fourth-order valence-corrected chi connectivity index (χ4v) is 2.22. The molecule has 0 amide bonds. The van der Waals surface area contributed by atoms with Crippen molar-refractivity contribution in [1.82, 2.24) is 5.32 Å². The first kappa shape index (κ1) is 13.6. The molecule has 100 valence electrons. The second-order valence-electron chi connectivity index (χ2n) is 5.55. The van der Waals surface area contributed by atoms with Gasteiger partial charge >= 0.3 is 0 Å². The van der Waals surface area contributed by atoms with Crippen LogP contribution in [0.3, 0.4) is 0 Å². The van der Waals surface area contributed by atoms with E-state index in [2.05, 4.69) is 44.3 Å². The van der Waals surface area contributed by atoms with E-state index in [0.29, 0.717) is 6.04 Å². The first-order valence-corrected chi connectivity index (χ1v) is 7.05. The normalized spacial score (nSPS) is 16.8. The molecule has 0 aromatic heterocycles. The van der Waals surface area contributed by atoms with Crippen molar-refractivity contribution in [3.63, 3.8) is 0 Å². The molecule has 0 saturated heterocycles. The van der Waals surface area contributed by atoms with Gasteiger partial charge < -0.3 is 10.1 Å². The van der Waals surface area contributed by atoms with Crippen LogP contribution in [-0.4, -0.2) is 19.8 Å². The van der Waals surface area contributed by atoms with E-state index in [4.69, 9.17) is 4.74 Å². The van der Waals surface area contributed by atoms with E-state index in [-0.39, 0.29) is 0 Å². The van der Waals surface area contributed by atoms with Gasteiger partial charge in [0, 0.05) is 19.2 Å². The third-order valence-electron chi connectivity index (χ3n) is 3.65. The Morgan fingerprint density at radius 3 is 2.83 bits per heavy atom. The first-order valence-electron chi connectivity index (χ1n) is 7.05. The zero-order chi connectivity index (χ0) is 13.0. The zero-order valence-corrected chi connectivity index (χ0v) is 11.8. The number of ether oxygens (including phenoxy) is 1. The third kappa shape index (κ3) is 4.11. The second kappa shape index (κ2) is 6.35. The summed E-state index contributed by atoms with van der Waals surface area (Å²) in [7, 11) is 0. The first-order chi connectivity index (χ1) is 8.66. The van der Waals surface area contributed by atoms with Crippen molar-refractivity contribution in [2.24, 2.45) is 5.92 Å². The quantitative estimate of drug-likeness (QED) is 0.746. The van der Waals surface area contributed by atoms with Gasteiger partial charge in [0.2, 0.25) is 0 Å². The van der Waals surface area contributed by atoms with Gasteiger partial charge in [-0.05, 0) is 50.7 Å². The molecule has 1 aliphatic carbocycles. The minimum Gasteiger partial charge on any atom is -0.380 e. The highest BCUT2D eigenvalue weighted by Gasteiger charge is 2.20. The highest BCUT2D eigenvalue weighted by Crippen LogP contribution is 2.28. The Hall–Kier alpha value is -0.860. The highest BCUT2D eigenvalue weighted by atomic mass is 16.5. The van der Waals surface area contributed by atoms with Gasteiger partial charge in [0.25, 0.3) is 0 Å². The molecule has 1 unspecified atom stereocenters. The fraction of sp³-hybridized carbons (Fsp3) is 0.625. The summed E-state index contributed by atoms with van der Waals surface area (Å²) in [5, 5.41) is 3.54. The van der Waals surface area contributed by atoms with Crippen LogP contribution in [0.1, 0.15) is 42.5 Å². The lowest BCUT2D eigenvalue weighted by atomic mass is 10.00. The summed E-state index contributed by atoms with van der Waals surface area (Å²) in [5.41, 5.74) is 4.09. The van der Waals surface area contributed by atoms with Gasteiger partial charge in [-0.3, -0.25) is 0 Å². The summed E-state index contributed by atoms with van der Waals surface area (Å²) >= 11 is 0. The van der Waals surface area contributed by atoms with E-state index < -0.39 is 0 Å². The Morgan fingerprint density at radius 1 is 1.33 bits per heavy atom. The van der Waals surface area contributed by atoms with Crippen molar-refractivity contribution >= 4 is 0 Å². The summed E-state index contributed by atoms with van der Waals surface area (Å²) < 4.78 is 5.64. The predicted molar refractivity (Wildman–Crippen MR) is 75.9 cm³/mol. The Kier molecular flexibility index (Phi) is 4.79. The molecule has 0 radical (unpaired) electrons. The van der Waals surface area contributed by atoms with E-state index in [0.717, 1.165) is 25.7 Å². The van der Waals surface area contributed by atoms with E-state index in [1.165, 1.54) is 29.5 Å². The number of rotatable bonds is 7. The van der Waals surface area contributed by atoms with Crippen LogP contribution in [0.4, 0.5) is 0 Å². The molecule has 2 heteroatoms. The predicted octanol–water partition coefficient (Wildman–Crippen LogP) is 3.38. The number of aryl methyl sites for hydroxylation is 2. The molecule has 0 bridgehead atoms. The fourth-order valence-electron chi connectivity index (χ4n) is 2.22. The number of benzene rings is 1. The van der Waals surface area contributed by atoms with E-state index in [1.54, 1.807) is 0 Å². The molecule has 0 heterocycles. The molecule has 1 aliphatic rings. The van der Waals surface area contributed by atoms with Gasteiger partial charge in [-0.25, -0.2) is 0 Å². The van der Waals surface area contributed by atoms with E-state index in [9.17, 15) is 0 Å². The van der Waals surface area contributed by atoms with Crippen LogP contribution in [0.5, 0.6) is 0 Å². The Morgan fingerprint density at radius 2 is 2.11 bits per heavy atom. The monoisotopic (exact) mass is 247 g/mol. The van der Waals surface area contributed by atoms with Crippen molar-refractivity contribution in [2.75, 3.05) is 19.8 Å². The maximum Gasteiger partial charge on any atom is 0.0591 e. The zero-order valence-electron chi connectivity index (χ0n) is 11.8. The van der Waals surface area contributed by atoms with Crippen LogP contribution in [0.2, 0.25) is 0 Å². The lowest BCUT2D eigenvalue weighted by Crippen LogP contribution is -2.24. The van der Waals surface area contributed by atoms with Crippen molar-refractivity contribution in [3.8, 4) is 0 Å². The van der Waals surface area contributed by atoms with Gasteiger partial charge in [0.05, 0.1) is 6.61 Å². The van der Waals surface area contributed by atoms with Crippen LogP contribution in [0.15, 0.2) is 18.2 Å². The van der Waals surface area contributed by atoms with Gasteiger partial charge in [-0.2, -0.15) is 0 Å². The van der Waals surface area contributed by atoms with Crippen LogP contribution in [0, 0.1) is 19.8 Å². The largest absolute Gasteiger partial charge is 0.380 e. The molecule has 2 nitrogen and oxygen atoms in total. The maximum atomic E-state index is 5.64. The smallest absolute Gasteiger partial charge is 0.0591 e. The lowest BCUT2D eigenvalue weighted by Gasteiger charge is -2.17. The summed E-state index contributed by atoms with van der Waals surface area (Å²) in [6.45, 7) is 9.26. The molecular formula is C16H25NO. The average Bonchev–Trinajstić information content (AvgIpc) is 3.15. The Labute approximate surface area is 111 Å². The van der Waals surface area contributed by atoms with Crippen LogP contribution >= 0.6 is 0 Å². The Balaban J connectivity index is 1.72. The molecule has 1 aromatic carbocycles. The molecule has 18 heavy (non-hydrogen) atoms. The van der Waals surface area contributed by atoms with Crippen LogP contribution in [0.25, 0.3) is 0 Å². The van der Waals surface area contributed by atoms with E-state index >= 15 is 0 Å². The molecule has 1 saturated carbocycles. The van der Waals surface area contributed by atoms with Gasteiger partial charge in [0.15, 0.2) is 0 Å². The lowest BCUT2D eigenvalue weighted by molar-refractivity contribution is 0.124. The molecule has 1 atom stereocenters. The second-order valence-corrected chi connectivity index (χ2v) is 5.55. The molecular weight excluding hydrogens is 222 g/mol. The van der Waals surface area contributed by atoms with Crippen LogP contribution < -0.4 is 5.32 Å². The molecule has 2 rings (SSSR count). The standard InChI is InChI=1S/C16H25NO/c1-12-4-5-13(2)16(10-12)14(3)17-8-9-18-11-15-6-7-15/h4-5,10,14-15,17H,6-9,11H2,1-3H3. The minimum atomic E-state index is 0.398. The summed E-state index contributed by atoms with van der Waals surface area (Å²) in [5.74, 6) is 0.862. The molecule has 1 aromatic rings. The third-order valence-corrected chi connectivity index (χ3v) is 3.65. The Bertz CT molecular complexity index is 385. The highest BCUT2D eigenvalue weighted by molar-refractivity contribution is 5.32. The van der Waals surface area contributed by atoms with Crippen molar-refractivity contribution in [2.45, 2.75) is 39.7 Å². The van der Waals surface area contributed by atoms with Crippen molar-refractivity contribution in [1.29, 1.82) is 0 Å².